The van der Waals surface area contributed by atoms with E-state index in [9.17, 15) is 9.59 Å². The highest BCUT2D eigenvalue weighted by Crippen LogP contribution is 2.33. The summed E-state index contributed by atoms with van der Waals surface area (Å²) in [6.45, 7) is 0.627. The molecule has 7 heteroatoms. The zero-order chi connectivity index (χ0) is 20.9. The second-order valence-corrected chi connectivity index (χ2v) is 7.07. The summed E-state index contributed by atoms with van der Waals surface area (Å²) in [5.74, 6) is 0.105. The quantitative estimate of drug-likeness (QED) is 0.588. The molecule has 4 N–H and O–H groups in total. The van der Waals surface area contributed by atoms with E-state index in [0.717, 1.165) is 16.9 Å². The summed E-state index contributed by atoms with van der Waals surface area (Å²) in [5, 5.41) is 5.71. The Hall–Kier alpha value is -3.71. The van der Waals surface area contributed by atoms with Crippen LogP contribution in [-0.4, -0.2) is 29.9 Å². The number of anilines is 1. The number of rotatable bonds is 6. The predicted molar refractivity (Wildman–Crippen MR) is 113 cm³/mol. The summed E-state index contributed by atoms with van der Waals surface area (Å²) in [7, 11) is 0. The van der Waals surface area contributed by atoms with Crippen LogP contribution in [0.2, 0.25) is 0 Å². The lowest BCUT2D eigenvalue weighted by Gasteiger charge is -2.16. The van der Waals surface area contributed by atoms with Crippen LogP contribution in [0, 0.1) is 0 Å². The molecule has 2 heterocycles. The van der Waals surface area contributed by atoms with Gasteiger partial charge < -0.3 is 21.1 Å². The number of carbonyl (C=O) groups is 2. The van der Waals surface area contributed by atoms with Crippen molar-refractivity contribution in [2.45, 2.75) is 12.0 Å². The molecule has 1 aromatic heterocycles. The number of hydrogen-bond acceptors (Lipinski definition) is 5. The molecule has 30 heavy (non-hydrogen) atoms. The van der Waals surface area contributed by atoms with Crippen LogP contribution in [0.15, 0.2) is 73.1 Å². The maximum atomic E-state index is 12.6. The summed E-state index contributed by atoms with van der Waals surface area (Å²) in [4.78, 5) is 28.8. The maximum absolute atomic E-state index is 12.6. The van der Waals surface area contributed by atoms with E-state index in [1.165, 1.54) is 0 Å². The fourth-order valence-electron chi connectivity index (χ4n) is 3.35. The summed E-state index contributed by atoms with van der Waals surface area (Å²) < 4.78 is 5.57. The van der Waals surface area contributed by atoms with Crippen molar-refractivity contribution in [1.29, 1.82) is 0 Å². The van der Waals surface area contributed by atoms with E-state index >= 15 is 0 Å². The first-order chi connectivity index (χ1) is 14.6. The number of carbonyl (C=O) groups excluding carboxylic acids is 2. The van der Waals surface area contributed by atoms with Crippen molar-refractivity contribution < 1.29 is 14.3 Å². The molecule has 2 aromatic carbocycles. The number of benzene rings is 2. The topological polar surface area (TPSA) is 106 Å². The molecule has 152 valence electrons. The van der Waals surface area contributed by atoms with Crippen LogP contribution < -0.4 is 21.1 Å². The molecule has 0 saturated carbocycles. The Kier molecular flexibility index (Phi) is 5.72. The molecule has 0 unspecified atom stereocenters. The van der Waals surface area contributed by atoms with Gasteiger partial charge in [-0.2, -0.15) is 0 Å². The molecule has 0 bridgehead atoms. The third kappa shape index (κ3) is 4.31. The molecule has 1 aliphatic rings. The Morgan fingerprint density at radius 3 is 2.57 bits per heavy atom. The number of para-hydroxylation sites is 1. The van der Waals surface area contributed by atoms with Crippen molar-refractivity contribution >= 4 is 17.5 Å². The second-order valence-electron chi connectivity index (χ2n) is 7.07. The normalized spacial score (nSPS) is 15.6. The van der Waals surface area contributed by atoms with E-state index in [4.69, 9.17) is 10.5 Å². The highest BCUT2D eigenvalue weighted by molar-refractivity contribution is 6.04. The van der Waals surface area contributed by atoms with Crippen molar-refractivity contribution in [3.05, 3.63) is 89.7 Å². The summed E-state index contributed by atoms with van der Waals surface area (Å²) >= 11 is 0. The molecule has 0 fully saturated rings. The van der Waals surface area contributed by atoms with Gasteiger partial charge in [0.25, 0.3) is 5.91 Å². The number of hydrogen-bond donors (Lipinski definition) is 3. The van der Waals surface area contributed by atoms with Gasteiger partial charge in [0.1, 0.15) is 18.3 Å². The monoisotopic (exact) mass is 402 g/mol. The number of nitrogens with one attached hydrogen (secondary N) is 2. The van der Waals surface area contributed by atoms with Gasteiger partial charge in [-0.3, -0.25) is 14.6 Å². The number of amides is 2. The van der Waals surface area contributed by atoms with E-state index in [0.29, 0.717) is 24.4 Å². The summed E-state index contributed by atoms with van der Waals surface area (Å²) in [6.07, 6.45) is 3.23. The standard InChI is InChI=1S/C23H22N4O3/c24-20(13-26-23(29)19-14-30-21-4-2-1-3-18(19)21)15-5-7-16(8-6-15)22(28)27-17-9-11-25-12-10-17/h1-12,19-20H,13-14,24H2,(H,26,29)(H,25,27,28)/t19-,20-/m1/s1. The minimum atomic E-state index is -0.385. The van der Waals surface area contributed by atoms with E-state index in [1.807, 2.05) is 24.3 Å². The highest BCUT2D eigenvalue weighted by atomic mass is 16.5. The van der Waals surface area contributed by atoms with Gasteiger partial charge in [0.15, 0.2) is 0 Å². The molecule has 3 aromatic rings. The molecule has 2 atom stereocenters. The van der Waals surface area contributed by atoms with Gasteiger partial charge >= 0.3 is 0 Å². The first kappa shape index (κ1) is 19.6. The van der Waals surface area contributed by atoms with E-state index in [2.05, 4.69) is 15.6 Å². The summed E-state index contributed by atoms with van der Waals surface area (Å²) in [5.41, 5.74) is 9.16. The van der Waals surface area contributed by atoms with Gasteiger partial charge in [0.2, 0.25) is 5.91 Å². The number of pyridine rings is 1. The number of nitrogens with zero attached hydrogens (tertiary/aromatic N) is 1. The fourth-order valence-corrected chi connectivity index (χ4v) is 3.35. The molecule has 0 saturated heterocycles. The van der Waals surface area contributed by atoms with Gasteiger partial charge in [0.05, 0.1) is 0 Å². The van der Waals surface area contributed by atoms with Crippen LogP contribution in [0.25, 0.3) is 0 Å². The molecule has 0 radical (unpaired) electrons. The Labute approximate surface area is 174 Å². The largest absolute Gasteiger partial charge is 0.492 e. The lowest BCUT2D eigenvalue weighted by Crippen LogP contribution is -2.35. The van der Waals surface area contributed by atoms with Crippen LogP contribution in [-0.2, 0) is 4.79 Å². The SMILES string of the molecule is N[C@H](CNC(=O)[C@@H]1COc2ccccc21)c1ccc(C(=O)Nc2ccncc2)cc1. The van der Waals surface area contributed by atoms with Crippen molar-refractivity contribution in [3.63, 3.8) is 0 Å². The van der Waals surface area contributed by atoms with Gasteiger partial charge in [0, 0.05) is 41.8 Å². The third-order valence-corrected chi connectivity index (χ3v) is 5.05. The Morgan fingerprint density at radius 1 is 1.07 bits per heavy atom. The predicted octanol–water partition coefficient (Wildman–Crippen LogP) is 2.63. The van der Waals surface area contributed by atoms with Crippen LogP contribution in [0.3, 0.4) is 0 Å². The zero-order valence-electron chi connectivity index (χ0n) is 16.2. The number of fused-ring (bicyclic) bond motifs is 1. The van der Waals surface area contributed by atoms with Crippen LogP contribution in [0.1, 0.15) is 33.4 Å². The highest BCUT2D eigenvalue weighted by Gasteiger charge is 2.30. The average molecular weight is 402 g/mol. The number of ether oxygens (including phenoxy) is 1. The lowest BCUT2D eigenvalue weighted by molar-refractivity contribution is -0.122. The van der Waals surface area contributed by atoms with Crippen molar-refractivity contribution in [2.24, 2.45) is 5.73 Å². The molecule has 0 aliphatic carbocycles. The molecule has 0 spiro atoms. The first-order valence-corrected chi connectivity index (χ1v) is 9.68. The Bertz CT molecular complexity index is 1040. The molecular formula is C23H22N4O3. The molecule has 4 rings (SSSR count). The van der Waals surface area contributed by atoms with Crippen LogP contribution in [0.5, 0.6) is 5.75 Å². The van der Waals surface area contributed by atoms with Crippen LogP contribution in [0.4, 0.5) is 5.69 Å². The van der Waals surface area contributed by atoms with E-state index in [-0.39, 0.29) is 23.8 Å². The lowest BCUT2D eigenvalue weighted by atomic mass is 10.00. The minimum Gasteiger partial charge on any atom is -0.492 e. The zero-order valence-corrected chi connectivity index (χ0v) is 16.2. The van der Waals surface area contributed by atoms with Gasteiger partial charge in [-0.25, -0.2) is 0 Å². The number of nitrogens with two attached hydrogens (primary N) is 1. The summed E-state index contributed by atoms with van der Waals surface area (Å²) in [6, 6.07) is 17.6. The van der Waals surface area contributed by atoms with Gasteiger partial charge in [-0.15, -0.1) is 0 Å². The molecular weight excluding hydrogens is 380 g/mol. The molecule has 2 amide bonds. The maximum Gasteiger partial charge on any atom is 0.255 e. The third-order valence-electron chi connectivity index (χ3n) is 5.05. The average Bonchev–Trinajstić information content (AvgIpc) is 3.22. The van der Waals surface area contributed by atoms with Crippen LogP contribution >= 0.6 is 0 Å². The smallest absolute Gasteiger partial charge is 0.255 e. The Morgan fingerprint density at radius 2 is 1.80 bits per heavy atom. The molecule has 7 nitrogen and oxygen atoms in total. The number of aromatic nitrogens is 1. The first-order valence-electron chi connectivity index (χ1n) is 9.68. The van der Waals surface area contributed by atoms with Gasteiger partial charge in [-0.05, 0) is 35.9 Å². The molecule has 1 aliphatic heterocycles. The minimum absolute atomic E-state index is 0.108. The van der Waals surface area contributed by atoms with Gasteiger partial charge in [-0.1, -0.05) is 30.3 Å². The van der Waals surface area contributed by atoms with Crippen molar-refractivity contribution in [2.75, 3.05) is 18.5 Å². The van der Waals surface area contributed by atoms with E-state index < -0.39 is 0 Å². The van der Waals surface area contributed by atoms with Crippen molar-refractivity contribution in [1.82, 2.24) is 10.3 Å². The Balaban J connectivity index is 1.32. The fraction of sp³-hybridized carbons (Fsp3) is 0.174. The second kappa shape index (κ2) is 8.75. The van der Waals surface area contributed by atoms with Crippen molar-refractivity contribution in [3.8, 4) is 5.75 Å². The van der Waals surface area contributed by atoms with E-state index in [1.54, 1.807) is 48.8 Å².